The summed E-state index contributed by atoms with van der Waals surface area (Å²) in [5, 5.41) is 2.42. The summed E-state index contributed by atoms with van der Waals surface area (Å²) in [4.78, 5) is 29.9. The number of Topliss-reactive ketones (excluding diaryl/α,β-unsaturated/α-hetero) is 1. The van der Waals surface area contributed by atoms with Crippen molar-refractivity contribution in [2.24, 2.45) is 0 Å². The van der Waals surface area contributed by atoms with Crippen LogP contribution in [0.5, 0.6) is 0 Å². The number of ketones is 1. The lowest BCUT2D eigenvalue weighted by Gasteiger charge is -2.16. The van der Waals surface area contributed by atoms with Crippen molar-refractivity contribution in [3.63, 3.8) is 0 Å². The predicted molar refractivity (Wildman–Crippen MR) is 91.3 cm³/mol. The molecule has 0 radical (unpaired) electrons. The monoisotopic (exact) mass is 324 g/mol. The van der Waals surface area contributed by atoms with Gasteiger partial charge in [-0.3, -0.25) is 14.2 Å². The van der Waals surface area contributed by atoms with E-state index in [-0.39, 0.29) is 17.9 Å². The number of aryl methyl sites for hydroxylation is 2. The summed E-state index contributed by atoms with van der Waals surface area (Å²) in [6.45, 7) is 0.0381. The molecule has 0 saturated carbocycles. The van der Waals surface area contributed by atoms with Crippen molar-refractivity contribution in [3.8, 4) is 0 Å². The molecular weight excluding hydrogens is 308 g/mol. The highest BCUT2D eigenvalue weighted by Gasteiger charge is 2.14. The lowest BCUT2D eigenvalue weighted by molar-refractivity contribution is 0.0970. The zero-order valence-corrected chi connectivity index (χ0v) is 13.4. The van der Waals surface area contributed by atoms with Crippen LogP contribution in [-0.4, -0.2) is 15.3 Å². The molecule has 2 aromatic heterocycles. The summed E-state index contributed by atoms with van der Waals surface area (Å²) in [6.07, 6.45) is 6.02. The molecule has 1 aliphatic rings. The van der Waals surface area contributed by atoms with Gasteiger partial charge in [0.05, 0.1) is 18.3 Å². The summed E-state index contributed by atoms with van der Waals surface area (Å²) in [7, 11) is 0. The molecule has 0 aliphatic heterocycles. The molecule has 0 atom stereocenters. The number of hydrogen-bond acceptors (Lipinski definition) is 4. The third-order valence-electron chi connectivity index (χ3n) is 4.43. The van der Waals surface area contributed by atoms with Crippen LogP contribution < -0.4 is 5.56 Å². The highest BCUT2D eigenvalue weighted by Crippen LogP contribution is 2.22. The van der Waals surface area contributed by atoms with E-state index in [2.05, 4.69) is 11.1 Å². The number of benzene rings is 1. The van der Waals surface area contributed by atoms with Gasteiger partial charge in [0.25, 0.3) is 5.56 Å². The normalized spacial score (nSPS) is 13.9. The lowest BCUT2D eigenvalue weighted by Crippen LogP contribution is -2.24. The van der Waals surface area contributed by atoms with Gasteiger partial charge in [-0.05, 0) is 54.3 Å². The number of carbonyl (C=O) groups is 1. The minimum absolute atomic E-state index is 0.0381. The molecule has 4 nitrogen and oxygen atoms in total. The van der Waals surface area contributed by atoms with Crippen LogP contribution in [0.25, 0.3) is 10.2 Å². The SMILES string of the molecule is O=C(Cn1cnc2sccc2c1=O)c1ccc2c(c1)CCCC2. The number of thiophene rings is 1. The van der Waals surface area contributed by atoms with Gasteiger partial charge in [0, 0.05) is 5.56 Å². The fourth-order valence-electron chi connectivity index (χ4n) is 3.16. The number of rotatable bonds is 3. The summed E-state index contributed by atoms with van der Waals surface area (Å²) in [5.41, 5.74) is 3.16. The van der Waals surface area contributed by atoms with Crippen molar-refractivity contribution in [2.45, 2.75) is 32.2 Å². The van der Waals surface area contributed by atoms with Gasteiger partial charge in [-0.1, -0.05) is 12.1 Å². The highest BCUT2D eigenvalue weighted by molar-refractivity contribution is 7.16. The van der Waals surface area contributed by atoms with Crippen LogP contribution >= 0.6 is 11.3 Å². The van der Waals surface area contributed by atoms with Gasteiger partial charge in [-0.2, -0.15) is 0 Å². The van der Waals surface area contributed by atoms with Gasteiger partial charge >= 0.3 is 0 Å². The Bertz CT molecular complexity index is 955. The molecule has 0 unspecified atom stereocenters. The molecule has 3 aromatic rings. The molecule has 1 aliphatic carbocycles. The minimum atomic E-state index is -0.150. The molecule has 1 aromatic carbocycles. The van der Waals surface area contributed by atoms with Crippen molar-refractivity contribution in [1.82, 2.24) is 9.55 Å². The second kappa shape index (κ2) is 5.74. The predicted octanol–water partition coefficient (Wildman–Crippen LogP) is 3.22. The zero-order chi connectivity index (χ0) is 15.8. The first-order chi connectivity index (χ1) is 11.2. The van der Waals surface area contributed by atoms with E-state index in [0.29, 0.717) is 15.8 Å². The van der Waals surface area contributed by atoms with Crippen LogP contribution in [0.1, 0.15) is 34.3 Å². The number of nitrogens with zero attached hydrogens (tertiary/aromatic N) is 2. The molecule has 2 heterocycles. The van der Waals surface area contributed by atoms with E-state index >= 15 is 0 Å². The van der Waals surface area contributed by atoms with Crippen molar-refractivity contribution in [1.29, 1.82) is 0 Å². The summed E-state index contributed by atoms with van der Waals surface area (Å²) in [5.74, 6) is -0.0446. The van der Waals surface area contributed by atoms with E-state index in [9.17, 15) is 9.59 Å². The van der Waals surface area contributed by atoms with E-state index in [1.165, 1.54) is 46.2 Å². The Labute approximate surface area is 137 Å². The quantitative estimate of drug-likeness (QED) is 0.695. The average Bonchev–Trinajstić information content (AvgIpc) is 3.06. The Morgan fingerprint density at radius 1 is 1.17 bits per heavy atom. The van der Waals surface area contributed by atoms with Gasteiger partial charge in [-0.15, -0.1) is 11.3 Å². The Kier molecular flexibility index (Phi) is 3.58. The lowest BCUT2D eigenvalue weighted by atomic mass is 9.90. The summed E-state index contributed by atoms with van der Waals surface area (Å²) >= 11 is 1.43. The molecule has 0 N–H and O–H groups in total. The van der Waals surface area contributed by atoms with Crippen LogP contribution in [0.15, 0.2) is 40.8 Å². The van der Waals surface area contributed by atoms with E-state index in [1.54, 1.807) is 6.07 Å². The Morgan fingerprint density at radius 3 is 2.87 bits per heavy atom. The van der Waals surface area contributed by atoms with Gasteiger partial charge in [0.15, 0.2) is 5.78 Å². The average molecular weight is 324 g/mol. The molecule has 116 valence electrons. The Hall–Kier alpha value is -2.27. The van der Waals surface area contributed by atoms with E-state index in [0.717, 1.165) is 12.8 Å². The first kappa shape index (κ1) is 14.3. The van der Waals surface area contributed by atoms with Gasteiger partial charge in [0.1, 0.15) is 4.83 Å². The van der Waals surface area contributed by atoms with E-state index in [1.807, 2.05) is 17.5 Å². The van der Waals surface area contributed by atoms with Gasteiger partial charge in [-0.25, -0.2) is 4.98 Å². The largest absolute Gasteiger partial charge is 0.292 e. The molecule has 0 saturated heterocycles. The standard InChI is InChI=1S/C18H16N2O2S/c21-16(14-6-5-12-3-1-2-4-13(12)9-14)10-20-11-19-17-15(18(20)22)7-8-23-17/h5-9,11H,1-4,10H2. The maximum absolute atomic E-state index is 12.5. The van der Waals surface area contributed by atoms with Crippen LogP contribution in [0.4, 0.5) is 0 Å². The fourth-order valence-corrected chi connectivity index (χ4v) is 3.88. The second-order valence-electron chi connectivity index (χ2n) is 5.93. The zero-order valence-electron chi connectivity index (χ0n) is 12.6. The molecule has 0 amide bonds. The van der Waals surface area contributed by atoms with Crippen molar-refractivity contribution >= 4 is 27.3 Å². The summed E-state index contributed by atoms with van der Waals surface area (Å²) in [6, 6.07) is 7.70. The smallest absolute Gasteiger partial charge is 0.262 e. The molecule has 0 fully saturated rings. The van der Waals surface area contributed by atoms with Gasteiger partial charge in [0.2, 0.25) is 0 Å². The van der Waals surface area contributed by atoms with Crippen LogP contribution in [0.3, 0.4) is 0 Å². The molecular formula is C18H16N2O2S. The molecule has 0 bridgehead atoms. The molecule has 4 rings (SSSR count). The third-order valence-corrected chi connectivity index (χ3v) is 5.26. The van der Waals surface area contributed by atoms with Crippen LogP contribution in [-0.2, 0) is 19.4 Å². The molecule has 5 heteroatoms. The first-order valence-electron chi connectivity index (χ1n) is 7.80. The molecule has 0 spiro atoms. The second-order valence-corrected chi connectivity index (χ2v) is 6.83. The third kappa shape index (κ3) is 2.61. The van der Waals surface area contributed by atoms with E-state index < -0.39 is 0 Å². The van der Waals surface area contributed by atoms with Crippen LogP contribution in [0.2, 0.25) is 0 Å². The maximum atomic E-state index is 12.5. The topological polar surface area (TPSA) is 52.0 Å². The van der Waals surface area contributed by atoms with Crippen molar-refractivity contribution < 1.29 is 4.79 Å². The Balaban J connectivity index is 1.64. The minimum Gasteiger partial charge on any atom is -0.292 e. The first-order valence-corrected chi connectivity index (χ1v) is 8.68. The molecule has 23 heavy (non-hydrogen) atoms. The van der Waals surface area contributed by atoms with E-state index in [4.69, 9.17) is 0 Å². The number of carbonyl (C=O) groups excluding carboxylic acids is 1. The maximum Gasteiger partial charge on any atom is 0.262 e. The summed E-state index contributed by atoms with van der Waals surface area (Å²) < 4.78 is 1.40. The number of fused-ring (bicyclic) bond motifs is 2. The van der Waals surface area contributed by atoms with Crippen molar-refractivity contribution in [3.05, 3.63) is 63.0 Å². The van der Waals surface area contributed by atoms with Crippen molar-refractivity contribution in [2.75, 3.05) is 0 Å². The van der Waals surface area contributed by atoms with Crippen LogP contribution in [0, 0.1) is 0 Å². The number of aromatic nitrogens is 2. The number of hydrogen-bond donors (Lipinski definition) is 0. The fraction of sp³-hybridized carbons (Fsp3) is 0.278. The highest BCUT2D eigenvalue weighted by atomic mass is 32.1. The van der Waals surface area contributed by atoms with Gasteiger partial charge < -0.3 is 0 Å². The Morgan fingerprint density at radius 2 is 2.00 bits per heavy atom.